The number of nitrogens with one attached hydrogen (secondary N) is 1. The van der Waals surface area contributed by atoms with Gasteiger partial charge in [-0.25, -0.2) is 8.42 Å². The van der Waals surface area contributed by atoms with Gasteiger partial charge in [0.1, 0.15) is 0 Å². The molecule has 0 aromatic heterocycles. The van der Waals surface area contributed by atoms with Gasteiger partial charge in [-0.3, -0.25) is 0 Å². The summed E-state index contributed by atoms with van der Waals surface area (Å²) >= 11 is 0. The molecule has 1 N–H and O–H groups in total. The first-order valence-corrected chi connectivity index (χ1v) is 8.70. The van der Waals surface area contributed by atoms with Crippen LogP contribution in [-0.2, 0) is 10.0 Å². The maximum Gasteiger partial charge on any atom is 0.243 e. The predicted octanol–water partition coefficient (Wildman–Crippen LogP) is 2.07. The lowest BCUT2D eigenvalue weighted by Crippen LogP contribution is -2.41. The first-order chi connectivity index (χ1) is 9.45. The Labute approximate surface area is 122 Å². The van der Waals surface area contributed by atoms with E-state index in [2.05, 4.69) is 5.32 Å². The van der Waals surface area contributed by atoms with Gasteiger partial charge in [0.2, 0.25) is 10.0 Å². The van der Waals surface area contributed by atoms with Crippen LogP contribution in [0.25, 0.3) is 0 Å². The minimum absolute atomic E-state index is 0.287. The van der Waals surface area contributed by atoms with E-state index in [4.69, 9.17) is 0 Å². The van der Waals surface area contributed by atoms with Gasteiger partial charge in [0.05, 0.1) is 4.90 Å². The molecule has 1 atom stereocenters. The van der Waals surface area contributed by atoms with Gasteiger partial charge < -0.3 is 5.32 Å². The van der Waals surface area contributed by atoms with Gasteiger partial charge >= 0.3 is 0 Å². The average molecular weight is 296 g/mol. The number of nitrogens with zero attached hydrogens (tertiary/aromatic N) is 1. The molecule has 1 aliphatic rings. The van der Waals surface area contributed by atoms with E-state index in [1.807, 2.05) is 32.9 Å². The van der Waals surface area contributed by atoms with Crippen molar-refractivity contribution >= 4 is 10.0 Å². The molecule has 112 valence electrons. The third-order valence-corrected chi connectivity index (χ3v) is 5.98. The van der Waals surface area contributed by atoms with Crippen LogP contribution in [-0.4, -0.2) is 38.4 Å². The second-order valence-electron chi connectivity index (χ2n) is 5.52. The van der Waals surface area contributed by atoms with Crippen molar-refractivity contribution in [2.24, 2.45) is 0 Å². The highest BCUT2D eigenvalue weighted by Crippen LogP contribution is 2.22. The zero-order valence-corrected chi connectivity index (χ0v) is 13.3. The van der Waals surface area contributed by atoms with E-state index in [0.717, 1.165) is 30.5 Å². The first-order valence-electron chi connectivity index (χ1n) is 7.26. The summed E-state index contributed by atoms with van der Waals surface area (Å²) in [7, 11) is -3.40. The van der Waals surface area contributed by atoms with Crippen LogP contribution >= 0.6 is 0 Å². The molecule has 0 aliphatic carbocycles. The molecule has 1 fully saturated rings. The number of benzene rings is 1. The van der Waals surface area contributed by atoms with Gasteiger partial charge in [-0.15, -0.1) is 0 Å². The van der Waals surface area contributed by atoms with Crippen molar-refractivity contribution in [2.75, 3.05) is 19.6 Å². The molecule has 5 heteroatoms. The minimum atomic E-state index is -3.40. The first kappa shape index (κ1) is 15.5. The number of aryl methyl sites for hydroxylation is 2. The van der Waals surface area contributed by atoms with Gasteiger partial charge in [-0.05, 0) is 50.4 Å². The van der Waals surface area contributed by atoms with Gasteiger partial charge in [0, 0.05) is 19.1 Å². The fraction of sp³-hybridized carbons (Fsp3) is 0.600. The Morgan fingerprint density at radius 2 is 2.10 bits per heavy atom. The molecule has 4 nitrogen and oxygen atoms in total. The number of rotatable bonds is 5. The van der Waals surface area contributed by atoms with Crippen LogP contribution in [0.2, 0.25) is 0 Å². The van der Waals surface area contributed by atoms with Gasteiger partial charge in [0.25, 0.3) is 0 Å². The van der Waals surface area contributed by atoms with Crippen LogP contribution in [0.3, 0.4) is 0 Å². The Morgan fingerprint density at radius 3 is 2.70 bits per heavy atom. The number of sulfonamides is 1. The second-order valence-corrected chi connectivity index (χ2v) is 7.42. The summed E-state index contributed by atoms with van der Waals surface area (Å²) in [5.74, 6) is 0. The molecule has 1 aliphatic heterocycles. The zero-order chi connectivity index (χ0) is 14.8. The Balaban J connectivity index is 2.28. The standard InChI is InChI=1S/C15H24N2O2S/c1-4-17(11-14-6-5-9-16-14)20(18,19)15-10-12(2)7-8-13(15)3/h7-8,10,14,16H,4-6,9,11H2,1-3H3. The van der Waals surface area contributed by atoms with E-state index in [0.29, 0.717) is 18.0 Å². The molecular formula is C15H24N2O2S. The van der Waals surface area contributed by atoms with E-state index in [9.17, 15) is 8.42 Å². The Morgan fingerprint density at radius 1 is 1.35 bits per heavy atom. The lowest BCUT2D eigenvalue weighted by molar-refractivity contribution is 0.382. The molecule has 1 aromatic carbocycles. The molecule has 2 rings (SSSR count). The zero-order valence-electron chi connectivity index (χ0n) is 12.5. The summed E-state index contributed by atoms with van der Waals surface area (Å²) in [4.78, 5) is 0.442. The van der Waals surface area contributed by atoms with Crippen molar-refractivity contribution in [1.82, 2.24) is 9.62 Å². The van der Waals surface area contributed by atoms with E-state index >= 15 is 0 Å². The monoisotopic (exact) mass is 296 g/mol. The van der Waals surface area contributed by atoms with E-state index in [1.165, 1.54) is 0 Å². The minimum Gasteiger partial charge on any atom is -0.313 e. The molecule has 1 saturated heterocycles. The van der Waals surface area contributed by atoms with E-state index in [1.54, 1.807) is 10.4 Å². The SMILES string of the molecule is CCN(CC1CCCN1)S(=O)(=O)c1cc(C)ccc1C. The van der Waals surface area contributed by atoms with Gasteiger partial charge in [-0.1, -0.05) is 19.1 Å². The maximum atomic E-state index is 12.8. The van der Waals surface area contributed by atoms with E-state index in [-0.39, 0.29) is 6.04 Å². The van der Waals surface area contributed by atoms with Crippen molar-refractivity contribution in [3.05, 3.63) is 29.3 Å². The van der Waals surface area contributed by atoms with Gasteiger partial charge in [0.15, 0.2) is 0 Å². The van der Waals surface area contributed by atoms with Gasteiger partial charge in [-0.2, -0.15) is 4.31 Å². The summed E-state index contributed by atoms with van der Waals surface area (Å²) in [6.45, 7) is 7.74. The van der Waals surface area contributed by atoms with Crippen molar-refractivity contribution in [2.45, 2.75) is 44.6 Å². The summed E-state index contributed by atoms with van der Waals surface area (Å²) in [6, 6.07) is 5.89. The molecular weight excluding hydrogens is 272 g/mol. The summed E-state index contributed by atoms with van der Waals surface area (Å²) in [6.07, 6.45) is 2.19. The smallest absolute Gasteiger partial charge is 0.243 e. The summed E-state index contributed by atoms with van der Waals surface area (Å²) in [5.41, 5.74) is 1.79. The second kappa shape index (κ2) is 6.24. The van der Waals surface area contributed by atoms with E-state index < -0.39 is 10.0 Å². The molecule has 1 unspecified atom stereocenters. The van der Waals surface area contributed by atoms with Crippen molar-refractivity contribution in [1.29, 1.82) is 0 Å². The summed E-state index contributed by atoms with van der Waals surface area (Å²) in [5, 5.41) is 3.36. The third kappa shape index (κ3) is 3.22. The molecule has 0 amide bonds. The third-order valence-electron chi connectivity index (χ3n) is 3.90. The molecule has 1 aromatic rings. The Hall–Kier alpha value is -0.910. The topological polar surface area (TPSA) is 49.4 Å². The fourth-order valence-electron chi connectivity index (χ4n) is 2.68. The molecule has 0 saturated carbocycles. The highest BCUT2D eigenvalue weighted by molar-refractivity contribution is 7.89. The molecule has 1 heterocycles. The highest BCUT2D eigenvalue weighted by atomic mass is 32.2. The maximum absolute atomic E-state index is 12.8. The quantitative estimate of drug-likeness (QED) is 0.905. The molecule has 0 spiro atoms. The molecule has 20 heavy (non-hydrogen) atoms. The Bertz CT molecular complexity index is 563. The van der Waals surface area contributed by atoms with Crippen molar-refractivity contribution in [3.8, 4) is 0 Å². The fourth-order valence-corrected chi connectivity index (χ4v) is 4.48. The normalized spacial score (nSPS) is 19.7. The van der Waals surface area contributed by atoms with Crippen LogP contribution in [0, 0.1) is 13.8 Å². The largest absolute Gasteiger partial charge is 0.313 e. The lowest BCUT2D eigenvalue weighted by Gasteiger charge is -2.24. The van der Waals surface area contributed by atoms with Crippen LogP contribution in [0.15, 0.2) is 23.1 Å². The van der Waals surface area contributed by atoms with Crippen molar-refractivity contribution < 1.29 is 8.42 Å². The molecule has 0 bridgehead atoms. The molecule has 0 radical (unpaired) electrons. The lowest BCUT2D eigenvalue weighted by atomic mass is 10.2. The summed E-state index contributed by atoms with van der Waals surface area (Å²) < 4.78 is 27.2. The van der Waals surface area contributed by atoms with Crippen LogP contribution in [0.5, 0.6) is 0 Å². The highest BCUT2D eigenvalue weighted by Gasteiger charge is 2.28. The average Bonchev–Trinajstić information content (AvgIpc) is 2.91. The Kier molecular flexibility index (Phi) is 4.83. The number of hydrogen-bond donors (Lipinski definition) is 1. The predicted molar refractivity (Wildman–Crippen MR) is 81.4 cm³/mol. The van der Waals surface area contributed by atoms with Crippen LogP contribution < -0.4 is 5.32 Å². The number of hydrogen-bond acceptors (Lipinski definition) is 3. The van der Waals surface area contributed by atoms with Crippen LogP contribution in [0.1, 0.15) is 30.9 Å². The number of likely N-dealkylation sites (N-methyl/N-ethyl adjacent to an activating group) is 1. The van der Waals surface area contributed by atoms with Crippen molar-refractivity contribution in [3.63, 3.8) is 0 Å². The van der Waals surface area contributed by atoms with Crippen LogP contribution in [0.4, 0.5) is 0 Å².